The van der Waals surface area contributed by atoms with Gasteiger partial charge in [-0.05, 0) is 35.9 Å². The van der Waals surface area contributed by atoms with Gasteiger partial charge in [0.2, 0.25) is 5.78 Å². The number of aromatic nitrogens is 4. The molecule has 0 N–H and O–H groups in total. The van der Waals surface area contributed by atoms with E-state index in [0.29, 0.717) is 32.4 Å². The van der Waals surface area contributed by atoms with Gasteiger partial charge in [0.1, 0.15) is 4.70 Å². The smallest absolute Gasteiger partial charge is 0.340 e. The first kappa shape index (κ1) is 18.0. The summed E-state index contributed by atoms with van der Waals surface area (Å²) in [6.45, 7) is -0.0943. The maximum Gasteiger partial charge on any atom is 0.340 e. The normalized spacial score (nSPS) is 11.4. The number of nitrogens with zero attached hydrogens (tertiary/aromatic N) is 4. The number of benzene rings is 1. The highest BCUT2D eigenvalue weighted by Crippen LogP contribution is 2.24. The van der Waals surface area contributed by atoms with Gasteiger partial charge in [0.05, 0.1) is 16.1 Å². The van der Waals surface area contributed by atoms with E-state index in [4.69, 9.17) is 16.3 Å². The fraction of sp³-hybridized carbons (Fsp3) is 0.176. The quantitative estimate of drug-likeness (QED) is 0.372. The molecule has 0 radical (unpaired) electrons. The third-order valence-electron chi connectivity index (χ3n) is 4.12. The van der Waals surface area contributed by atoms with Crippen molar-refractivity contribution in [3.8, 4) is 0 Å². The number of aryl methyl sites for hydroxylation is 1. The summed E-state index contributed by atoms with van der Waals surface area (Å²) in [7, 11) is 1.63. The van der Waals surface area contributed by atoms with E-state index >= 15 is 0 Å². The van der Waals surface area contributed by atoms with Gasteiger partial charge in [-0.25, -0.2) is 4.79 Å². The Balaban J connectivity index is 1.69. The van der Waals surface area contributed by atoms with E-state index < -0.39 is 5.97 Å². The van der Waals surface area contributed by atoms with Crippen molar-refractivity contribution in [2.75, 3.05) is 6.26 Å². The molecule has 4 aromatic rings. The zero-order valence-electron chi connectivity index (χ0n) is 14.3. The van der Waals surface area contributed by atoms with E-state index in [2.05, 4.69) is 10.2 Å². The predicted molar refractivity (Wildman–Crippen MR) is 106 cm³/mol. The lowest BCUT2D eigenvalue weighted by molar-refractivity contribution is 0.0461. The third kappa shape index (κ3) is 3.01. The van der Waals surface area contributed by atoms with Crippen LogP contribution in [0.5, 0.6) is 0 Å². The van der Waals surface area contributed by atoms with Crippen molar-refractivity contribution < 1.29 is 9.53 Å². The molecular weight excluding hydrogens is 408 g/mol. The molecule has 0 saturated heterocycles. The van der Waals surface area contributed by atoms with Gasteiger partial charge in [0, 0.05) is 11.9 Å². The summed E-state index contributed by atoms with van der Waals surface area (Å²) >= 11 is 8.98. The maximum atomic E-state index is 12.5. The molecule has 7 nitrogen and oxygen atoms in total. The van der Waals surface area contributed by atoms with Crippen LogP contribution in [0, 0.1) is 0 Å². The molecule has 27 heavy (non-hydrogen) atoms. The summed E-state index contributed by atoms with van der Waals surface area (Å²) in [5.74, 6) is 0.271. The standard InChI is InChI=1S/C17H13ClN4O3S2/c1-21-15(23)14-12(5-6-27-14)22-13(19-20-17(21)22)8-25-16(24)10-7-9(26-2)3-4-11(10)18/h3-7H,8H2,1-2H3. The second-order valence-corrected chi connectivity index (χ2v) is 7.88. The second-order valence-electron chi connectivity index (χ2n) is 5.67. The number of hydrogen-bond acceptors (Lipinski definition) is 7. The monoisotopic (exact) mass is 420 g/mol. The van der Waals surface area contributed by atoms with Gasteiger partial charge in [-0.2, -0.15) is 0 Å². The lowest BCUT2D eigenvalue weighted by Crippen LogP contribution is -2.19. The van der Waals surface area contributed by atoms with E-state index in [1.807, 2.05) is 23.8 Å². The van der Waals surface area contributed by atoms with Crippen molar-refractivity contribution >= 4 is 56.7 Å². The number of hydrogen-bond donors (Lipinski definition) is 0. The highest BCUT2D eigenvalue weighted by molar-refractivity contribution is 7.98. The molecule has 4 rings (SSSR count). The molecule has 3 aromatic heterocycles. The number of thiophene rings is 1. The fourth-order valence-corrected chi connectivity index (χ4v) is 4.23. The molecule has 0 spiro atoms. The molecule has 0 aliphatic heterocycles. The molecule has 0 fully saturated rings. The van der Waals surface area contributed by atoms with Crippen LogP contribution in [0.25, 0.3) is 16.0 Å². The van der Waals surface area contributed by atoms with Gasteiger partial charge in [0.25, 0.3) is 5.56 Å². The molecule has 0 bridgehead atoms. The Labute approximate surface area is 166 Å². The summed E-state index contributed by atoms with van der Waals surface area (Å²) in [6, 6.07) is 7.02. The predicted octanol–water partition coefficient (Wildman–Crippen LogP) is 3.38. The van der Waals surface area contributed by atoms with E-state index in [1.165, 1.54) is 27.7 Å². The van der Waals surface area contributed by atoms with Gasteiger partial charge in [-0.1, -0.05) is 11.6 Å². The van der Waals surface area contributed by atoms with E-state index in [-0.39, 0.29) is 12.2 Å². The van der Waals surface area contributed by atoms with E-state index in [9.17, 15) is 9.59 Å². The molecule has 0 saturated carbocycles. The van der Waals surface area contributed by atoms with Crippen LogP contribution in [-0.4, -0.2) is 31.4 Å². The van der Waals surface area contributed by atoms with Crippen LogP contribution in [0.3, 0.4) is 0 Å². The molecule has 0 atom stereocenters. The molecule has 0 aliphatic rings. The number of esters is 1. The number of carbonyl (C=O) groups excluding carboxylic acids is 1. The Morgan fingerprint density at radius 2 is 2.15 bits per heavy atom. The van der Waals surface area contributed by atoms with Crippen molar-refractivity contribution in [3.05, 3.63) is 56.4 Å². The Morgan fingerprint density at radius 3 is 2.93 bits per heavy atom. The highest BCUT2D eigenvalue weighted by Gasteiger charge is 2.18. The van der Waals surface area contributed by atoms with Crippen LogP contribution >= 0.6 is 34.7 Å². The van der Waals surface area contributed by atoms with Crippen molar-refractivity contribution in [3.63, 3.8) is 0 Å². The average Bonchev–Trinajstić information content (AvgIpc) is 3.31. The number of thioether (sulfide) groups is 1. The lowest BCUT2D eigenvalue weighted by Gasteiger charge is -2.08. The molecule has 1 aromatic carbocycles. The SMILES string of the molecule is CSc1ccc(Cl)c(C(=O)OCc2nnc3n(C)c(=O)c4sccc4n23)c1. The Bertz CT molecular complexity index is 1240. The van der Waals surface area contributed by atoms with Crippen LogP contribution in [0.4, 0.5) is 0 Å². The van der Waals surface area contributed by atoms with Gasteiger partial charge >= 0.3 is 5.97 Å². The first-order chi connectivity index (χ1) is 13.0. The minimum atomic E-state index is -0.543. The average molecular weight is 421 g/mol. The van der Waals surface area contributed by atoms with Crippen LogP contribution < -0.4 is 5.56 Å². The molecule has 0 aliphatic carbocycles. The number of carbonyl (C=O) groups is 1. The summed E-state index contributed by atoms with van der Waals surface area (Å²) in [6.07, 6.45) is 1.91. The summed E-state index contributed by atoms with van der Waals surface area (Å²) < 4.78 is 9.16. The largest absolute Gasteiger partial charge is 0.454 e. The van der Waals surface area contributed by atoms with E-state index in [0.717, 1.165) is 4.90 Å². The van der Waals surface area contributed by atoms with Crippen molar-refractivity contribution in [2.45, 2.75) is 11.5 Å². The summed E-state index contributed by atoms with van der Waals surface area (Å²) in [5.41, 5.74) is 0.853. The Hall–Kier alpha value is -2.36. The zero-order valence-corrected chi connectivity index (χ0v) is 16.7. The van der Waals surface area contributed by atoms with Crippen LogP contribution in [0.2, 0.25) is 5.02 Å². The number of fused-ring (bicyclic) bond motifs is 3. The maximum absolute atomic E-state index is 12.5. The van der Waals surface area contributed by atoms with Gasteiger partial charge in [0.15, 0.2) is 12.4 Å². The fourth-order valence-electron chi connectivity index (χ4n) is 2.74. The minimum Gasteiger partial charge on any atom is -0.454 e. The molecule has 138 valence electrons. The number of rotatable bonds is 4. The number of ether oxygens (including phenoxy) is 1. The first-order valence-electron chi connectivity index (χ1n) is 7.82. The molecule has 0 amide bonds. The Kier molecular flexibility index (Phi) is 4.67. The van der Waals surface area contributed by atoms with E-state index in [1.54, 1.807) is 23.6 Å². The van der Waals surface area contributed by atoms with Crippen LogP contribution in [-0.2, 0) is 18.4 Å². The molecule has 0 unspecified atom stereocenters. The zero-order chi connectivity index (χ0) is 19.1. The first-order valence-corrected chi connectivity index (χ1v) is 10.3. The molecule has 3 heterocycles. The minimum absolute atomic E-state index is 0.0943. The van der Waals surface area contributed by atoms with Gasteiger partial charge in [-0.3, -0.25) is 13.8 Å². The van der Waals surface area contributed by atoms with Crippen molar-refractivity contribution in [1.82, 2.24) is 19.2 Å². The van der Waals surface area contributed by atoms with Crippen LogP contribution in [0.15, 0.2) is 39.3 Å². The highest BCUT2D eigenvalue weighted by atomic mass is 35.5. The van der Waals surface area contributed by atoms with Gasteiger partial charge in [-0.15, -0.1) is 33.3 Å². The Morgan fingerprint density at radius 1 is 1.33 bits per heavy atom. The summed E-state index contributed by atoms with van der Waals surface area (Å²) in [5, 5.41) is 10.3. The molecule has 10 heteroatoms. The van der Waals surface area contributed by atoms with Crippen molar-refractivity contribution in [2.24, 2.45) is 7.05 Å². The van der Waals surface area contributed by atoms with Gasteiger partial charge < -0.3 is 4.74 Å². The lowest BCUT2D eigenvalue weighted by atomic mass is 10.2. The summed E-state index contributed by atoms with van der Waals surface area (Å²) in [4.78, 5) is 25.7. The van der Waals surface area contributed by atoms with Crippen molar-refractivity contribution in [1.29, 1.82) is 0 Å². The second kappa shape index (κ2) is 6.99. The number of halogens is 1. The topological polar surface area (TPSA) is 78.5 Å². The van der Waals surface area contributed by atoms with Crippen LogP contribution in [0.1, 0.15) is 16.2 Å². The molecular formula is C17H13ClN4O3S2. The third-order valence-corrected chi connectivity index (χ3v) is 6.07.